The number of rotatable bonds is 2. The van der Waals surface area contributed by atoms with Gasteiger partial charge in [-0.25, -0.2) is 9.59 Å². The summed E-state index contributed by atoms with van der Waals surface area (Å²) in [5.74, 6) is -0.506. The SMILES string of the molecule is CC(C)(C)C1CCN(C(=O)Nc2cccc(C(=O)O)c2)C1. The van der Waals surface area contributed by atoms with E-state index in [1.807, 2.05) is 0 Å². The smallest absolute Gasteiger partial charge is 0.335 e. The van der Waals surface area contributed by atoms with Crippen LogP contribution in [0.4, 0.5) is 10.5 Å². The molecule has 5 heteroatoms. The number of hydrogen-bond donors (Lipinski definition) is 2. The fourth-order valence-corrected chi connectivity index (χ4v) is 2.58. The van der Waals surface area contributed by atoms with E-state index in [9.17, 15) is 9.59 Å². The van der Waals surface area contributed by atoms with E-state index in [4.69, 9.17) is 5.11 Å². The summed E-state index contributed by atoms with van der Waals surface area (Å²) >= 11 is 0. The normalized spacial score (nSPS) is 18.6. The van der Waals surface area contributed by atoms with Crippen LogP contribution in [0.15, 0.2) is 24.3 Å². The Balaban J connectivity index is 2.00. The van der Waals surface area contributed by atoms with Gasteiger partial charge in [-0.3, -0.25) is 0 Å². The highest BCUT2D eigenvalue weighted by Crippen LogP contribution is 2.33. The van der Waals surface area contributed by atoms with Crippen molar-refractivity contribution in [2.45, 2.75) is 27.2 Å². The van der Waals surface area contributed by atoms with Crippen LogP contribution in [0.5, 0.6) is 0 Å². The first-order chi connectivity index (χ1) is 9.77. The van der Waals surface area contributed by atoms with Gasteiger partial charge < -0.3 is 15.3 Å². The molecule has 0 aliphatic carbocycles. The number of amides is 2. The summed E-state index contributed by atoms with van der Waals surface area (Å²) in [6.45, 7) is 8.06. The molecule has 1 saturated heterocycles. The van der Waals surface area contributed by atoms with Crippen molar-refractivity contribution in [2.24, 2.45) is 11.3 Å². The van der Waals surface area contributed by atoms with Crippen LogP contribution in [0.25, 0.3) is 0 Å². The van der Waals surface area contributed by atoms with Crippen molar-refractivity contribution < 1.29 is 14.7 Å². The second-order valence-corrected chi connectivity index (χ2v) is 6.61. The highest BCUT2D eigenvalue weighted by Gasteiger charge is 2.33. The number of likely N-dealkylation sites (tertiary alicyclic amines) is 1. The molecule has 0 radical (unpaired) electrons. The minimum Gasteiger partial charge on any atom is -0.478 e. The standard InChI is InChI=1S/C16H22N2O3/c1-16(2,3)12-7-8-18(10-12)15(21)17-13-6-4-5-11(9-13)14(19)20/h4-6,9,12H,7-8,10H2,1-3H3,(H,17,21)(H,19,20). The second-order valence-electron chi connectivity index (χ2n) is 6.61. The van der Waals surface area contributed by atoms with Crippen LogP contribution in [0.3, 0.4) is 0 Å². The second kappa shape index (κ2) is 5.76. The lowest BCUT2D eigenvalue weighted by Gasteiger charge is -2.27. The quantitative estimate of drug-likeness (QED) is 0.878. The fourth-order valence-electron chi connectivity index (χ4n) is 2.58. The average Bonchev–Trinajstić information content (AvgIpc) is 2.88. The van der Waals surface area contributed by atoms with E-state index in [1.54, 1.807) is 17.0 Å². The maximum atomic E-state index is 12.2. The molecule has 1 fully saturated rings. The van der Waals surface area contributed by atoms with Gasteiger partial charge in [0, 0.05) is 18.8 Å². The highest BCUT2D eigenvalue weighted by atomic mass is 16.4. The van der Waals surface area contributed by atoms with Gasteiger partial charge >= 0.3 is 12.0 Å². The van der Waals surface area contributed by atoms with Gasteiger partial charge in [0.1, 0.15) is 0 Å². The maximum Gasteiger partial charge on any atom is 0.335 e. The summed E-state index contributed by atoms with van der Waals surface area (Å²) in [5, 5.41) is 11.7. The zero-order chi connectivity index (χ0) is 15.6. The summed E-state index contributed by atoms with van der Waals surface area (Å²) in [6, 6.07) is 6.13. The molecule has 2 N–H and O–H groups in total. The first kappa shape index (κ1) is 15.4. The number of carboxylic acids is 1. The molecule has 1 aromatic carbocycles. The van der Waals surface area contributed by atoms with E-state index in [0.29, 0.717) is 11.6 Å². The van der Waals surface area contributed by atoms with Gasteiger partial charge in [0.15, 0.2) is 0 Å². The van der Waals surface area contributed by atoms with E-state index < -0.39 is 5.97 Å². The highest BCUT2D eigenvalue weighted by molar-refractivity contribution is 5.93. The van der Waals surface area contributed by atoms with Crippen LogP contribution in [-0.2, 0) is 0 Å². The molecule has 2 amide bonds. The van der Waals surface area contributed by atoms with Gasteiger partial charge in [-0.05, 0) is 36.0 Å². The number of carboxylic acid groups (broad SMARTS) is 1. The predicted octanol–water partition coefficient (Wildman–Crippen LogP) is 3.28. The number of urea groups is 1. The molecular weight excluding hydrogens is 268 g/mol. The zero-order valence-corrected chi connectivity index (χ0v) is 12.7. The number of carbonyl (C=O) groups is 2. The number of hydrogen-bond acceptors (Lipinski definition) is 2. The van der Waals surface area contributed by atoms with Crippen molar-refractivity contribution in [1.82, 2.24) is 4.90 Å². The van der Waals surface area contributed by atoms with E-state index >= 15 is 0 Å². The first-order valence-corrected chi connectivity index (χ1v) is 7.16. The van der Waals surface area contributed by atoms with Crippen molar-refractivity contribution in [2.75, 3.05) is 18.4 Å². The van der Waals surface area contributed by atoms with Gasteiger partial charge in [0.05, 0.1) is 5.56 Å². The van der Waals surface area contributed by atoms with Crippen LogP contribution in [-0.4, -0.2) is 35.1 Å². The Morgan fingerprint density at radius 1 is 1.33 bits per heavy atom. The Morgan fingerprint density at radius 2 is 2.05 bits per heavy atom. The molecule has 0 saturated carbocycles. The number of benzene rings is 1. The Hall–Kier alpha value is -2.04. The largest absolute Gasteiger partial charge is 0.478 e. The predicted molar refractivity (Wildman–Crippen MR) is 81.6 cm³/mol. The minimum atomic E-state index is -1.000. The van der Waals surface area contributed by atoms with Gasteiger partial charge in [-0.2, -0.15) is 0 Å². The third-order valence-corrected chi connectivity index (χ3v) is 4.06. The molecule has 1 heterocycles. The fraction of sp³-hybridized carbons (Fsp3) is 0.500. The number of aromatic carboxylic acids is 1. The molecule has 1 aliphatic rings. The van der Waals surface area contributed by atoms with Crippen LogP contribution in [0, 0.1) is 11.3 Å². The third-order valence-electron chi connectivity index (χ3n) is 4.06. The van der Waals surface area contributed by atoms with Gasteiger partial charge in [-0.1, -0.05) is 26.8 Å². The number of nitrogens with one attached hydrogen (secondary N) is 1. The lowest BCUT2D eigenvalue weighted by molar-refractivity contribution is 0.0697. The summed E-state index contributed by atoms with van der Waals surface area (Å²) in [7, 11) is 0. The maximum absolute atomic E-state index is 12.2. The molecule has 5 nitrogen and oxygen atoms in total. The van der Waals surface area contributed by atoms with E-state index in [0.717, 1.165) is 19.5 Å². The molecule has 1 atom stereocenters. The number of anilines is 1. The number of carbonyl (C=O) groups excluding carboxylic acids is 1. The molecular formula is C16H22N2O3. The minimum absolute atomic E-state index is 0.163. The van der Waals surface area contributed by atoms with Crippen molar-refractivity contribution in [1.29, 1.82) is 0 Å². The molecule has 1 aliphatic heterocycles. The average molecular weight is 290 g/mol. The van der Waals surface area contributed by atoms with Crippen molar-refractivity contribution in [3.8, 4) is 0 Å². The Kier molecular flexibility index (Phi) is 4.21. The van der Waals surface area contributed by atoms with Crippen LogP contribution in [0.1, 0.15) is 37.6 Å². The Morgan fingerprint density at radius 3 is 2.62 bits per heavy atom. The van der Waals surface area contributed by atoms with Crippen molar-refractivity contribution in [3.63, 3.8) is 0 Å². The topological polar surface area (TPSA) is 69.6 Å². The molecule has 1 unspecified atom stereocenters. The van der Waals surface area contributed by atoms with E-state index in [1.165, 1.54) is 12.1 Å². The van der Waals surface area contributed by atoms with Gasteiger partial charge in [0.2, 0.25) is 0 Å². The summed E-state index contributed by atoms with van der Waals surface area (Å²) in [5.41, 5.74) is 0.874. The Bertz CT molecular complexity index is 549. The third kappa shape index (κ3) is 3.74. The van der Waals surface area contributed by atoms with Crippen LogP contribution < -0.4 is 5.32 Å². The van der Waals surface area contributed by atoms with E-state index in [-0.39, 0.29) is 17.0 Å². The van der Waals surface area contributed by atoms with E-state index in [2.05, 4.69) is 26.1 Å². The molecule has 114 valence electrons. The molecule has 0 bridgehead atoms. The number of nitrogens with zero attached hydrogens (tertiary/aromatic N) is 1. The van der Waals surface area contributed by atoms with Crippen molar-refractivity contribution >= 4 is 17.7 Å². The van der Waals surface area contributed by atoms with Gasteiger partial charge in [-0.15, -0.1) is 0 Å². The van der Waals surface area contributed by atoms with Crippen LogP contribution >= 0.6 is 0 Å². The van der Waals surface area contributed by atoms with Gasteiger partial charge in [0.25, 0.3) is 0 Å². The first-order valence-electron chi connectivity index (χ1n) is 7.16. The lowest BCUT2D eigenvalue weighted by atomic mass is 9.80. The summed E-state index contributed by atoms with van der Waals surface area (Å²) in [4.78, 5) is 25.0. The summed E-state index contributed by atoms with van der Waals surface area (Å²) < 4.78 is 0. The summed E-state index contributed by atoms with van der Waals surface area (Å²) in [6.07, 6.45) is 1.01. The molecule has 21 heavy (non-hydrogen) atoms. The molecule has 0 aromatic heterocycles. The lowest BCUT2D eigenvalue weighted by Crippen LogP contribution is -2.34. The van der Waals surface area contributed by atoms with Crippen LogP contribution in [0.2, 0.25) is 0 Å². The van der Waals surface area contributed by atoms with Crippen molar-refractivity contribution in [3.05, 3.63) is 29.8 Å². The molecule has 2 rings (SSSR count). The molecule has 0 spiro atoms. The zero-order valence-electron chi connectivity index (χ0n) is 12.7. The Labute approximate surface area is 125 Å². The monoisotopic (exact) mass is 290 g/mol. The molecule has 1 aromatic rings.